The SMILES string of the molecule is O=C(NCCOc1ccc(-c2ccccc2)cn1)c1ccc(Cl)cc1. The minimum Gasteiger partial charge on any atom is -0.476 e. The number of benzene rings is 2. The third kappa shape index (κ3) is 4.81. The first-order valence-electron chi connectivity index (χ1n) is 7.90. The van der Waals surface area contributed by atoms with E-state index < -0.39 is 0 Å². The van der Waals surface area contributed by atoms with Crippen LogP contribution in [0.15, 0.2) is 72.9 Å². The van der Waals surface area contributed by atoms with Crippen LogP contribution in [-0.4, -0.2) is 24.0 Å². The Labute approximate surface area is 151 Å². The highest BCUT2D eigenvalue weighted by Gasteiger charge is 2.05. The van der Waals surface area contributed by atoms with E-state index in [4.69, 9.17) is 16.3 Å². The highest BCUT2D eigenvalue weighted by Crippen LogP contribution is 2.19. The number of nitrogens with one attached hydrogen (secondary N) is 1. The Kier molecular flexibility index (Phi) is 5.65. The van der Waals surface area contributed by atoms with Crippen LogP contribution in [0.25, 0.3) is 11.1 Å². The summed E-state index contributed by atoms with van der Waals surface area (Å²) in [5.41, 5.74) is 2.70. The zero-order valence-corrected chi connectivity index (χ0v) is 14.2. The summed E-state index contributed by atoms with van der Waals surface area (Å²) >= 11 is 5.80. The van der Waals surface area contributed by atoms with Crippen molar-refractivity contribution in [2.75, 3.05) is 13.2 Å². The Balaban J connectivity index is 1.46. The molecule has 2 aromatic carbocycles. The van der Waals surface area contributed by atoms with Gasteiger partial charge in [-0.3, -0.25) is 4.79 Å². The molecule has 3 rings (SSSR count). The van der Waals surface area contributed by atoms with E-state index in [0.717, 1.165) is 11.1 Å². The fourth-order valence-corrected chi connectivity index (χ4v) is 2.42. The second-order valence-corrected chi connectivity index (χ2v) is 5.80. The molecule has 0 bridgehead atoms. The molecular weight excluding hydrogens is 336 g/mol. The van der Waals surface area contributed by atoms with Crippen molar-refractivity contribution in [3.63, 3.8) is 0 Å². The molecule has 0 radical (unpaired) electrons. The second kappa shape index (κ2) is 8.31. The minimum atomic E-state index is -0.160. The van der Waals surface area contributed by atoms with Crippen LogP contribution in [0, 0.1) is 0 Å². The number of pyridine rings is 1. The third-order valence-corrected chi connectivity index (χ3v) is 3.84. The molecule has 0 saturated carbocycles. The molecule has 5 heteroatoms. The average molecular weight is 353 g/mol. The van der Waals surface area contributed by atoms with E-state index in [1.165, 1.54) is 0 Å². The number of aromatic nitrogens is 1. The summed E-state index contributed by atoms with van der Waals surface area (Å²) in [6, 6.07) is 20.5. The van der Waals surface area contributed by atoms with Crippen LogP contribution in [0.3, 0.4) is 0 Å². The van der Waals surface area contributed by atoms with Gasteiger partial charge in [0.15, 0.2) is 0 Å². The van der Waals surface area contributed by atoms with Crippen molar-refractivity contribution in [2.45, 2.75) is 0 Å². The predicted octanol–water partition coefficient (Wildman–Crippen LogP) is 4.21. The lowest BCUT2D eigenvalue weighted by Gasteiger charge is -2.08. The van der Waals surface area contributed by atoms with Gasteiger partial charge in [-0.1, -0.05) is 41.9 Å². The van der Waals surface area contributed by atoms with E-state index in [1.54, 1.807) is 30.5 Å². The molecule has 3 aromatic rings. The molecule has 1 aromatic heterocycles. The topological polar surface area (TPSA) is 51.2 Å². The fourth-order valence-electron chi connectivity index (χ4n) is 2.29. The van der Waals surface area contributed by atoms with Crippen molar-refractivity contribution < 1.29 is 9.53 Å². The maximum atomic E-state index is 11.9. The number of hydrogen-bond acceptors (Lipinski definition) is 3. The van der Waals surface area contributed by atoms with Crippen LogP contribution in [0.1, 0.15) is 10.4 Å². The van der Waals surface area contributed by atoms with Crippen molar-refractivity contribution >= 4 is 17.5 Å². The van der Waals surface area contributed by atoms with Crippen LogP contribution in [-0.2, 0) is 0 Å². The van der Waals surface area contributed by atoms with Crippen molar-refractivity contribution in [3.8, 4) is 17.0 Å². The number of hydrogen-bond donors (Lipinski definition) is 1. The molecule has 0 aliphatic rings. The van der Waals surface area contributed by atoms with E-state index in [9.17, 15) is 4.79 Å². The summed E-state index contributed by atoms with van der Waals surface area (Å²) < 4.78 is 5.56. The van der Waals surface area contributed by atoms with Crippen LogP contribution < -0.4 is 10.1 Å². The fraction of sp³-hybridized carbons (Fsp3) is 0.100. The van der Waals surface area contributed by atoms with Gasteiger partial charge >= 0.3 is 0 Å². The quantitative estimate of drug-likeness (QED) is 0.676. The van der Waals surface area contributed by atoms with Crippen molar-refractivity contribution in [1.82, 2.24) is 10.3 Å². The molecule has 0 unspecified atom stereocenters. The number of rotatable bonds is 6. The van der Waals surface area contributed by atoms with Gasteiger partial charge in [-0.2, -0.15) is 0 Å². The molecule has 4 nitrogen and oxygen atoms in total. The average Bonchev–Trinajstić information content (AvgIpc) is 2.67. The van der Waals surface area contributed by atoms with Gasteiger partial charge in [0.05, 0.1) is 6.54 Å². The third-order valence-electron chi connectivity index (χ3n) is 3.59. The van der Waals surface area contributed by atoms with Crippen molar-refractivity contribution in [2.24, 2.45) is 0 Å². The molecule has 0 saturated heterocycles. The summed E-state index contributed by atoms with van der Waals surface area (Å²) in [6.45, 7) is 0.737. The molecule has 0 aliphatic carbocycles. The molecule has 1 amide bonds. The van der Waals surface area contributed by atoms with Gasteiger partial charge in [0.1, 0.15) is 6.61 Å². The molecular formula is C20H17ClN2O2. The van der Waals surface area contributed by atoms with Gasteiger partial charge in [-0.15, -0.1) is 0 Å². The maximum Gasteiger partial charge on any atom is 0.251 e. The standard InChI is InChI=1S/C20H17ClN2O2/c21-18-9-6-16(7-10-18)20(24)22-12-13-25-19-11-8-17(14-23-19)15-4-2-1-3-5-15/h1-11,14H,12-13H2,(H,22,24). The number of halogens is 1. The van der Waals surface area contributed by atoms with Crippen molar-refractivity contribution in [1.29, 1.82) is 0 Å². The Morgan fingerprint density at radius 3 is 2.40 bits per heavy atom. The zero-order valence-electron chi connectivity index (χ0n) is 13.5. The Morgan fingerprint density at radius 1 is 0.960 bits per heavy atom. The lowest BCUT2D eigenvalue weighted by molar-refractivity contribution is 0.0946. The van der Waals surface area contributed by atoms with Crippen LogP contribution in [0.4, 0.5) is 0 Å². The molecule has 0 fully saturated rings. The van der Waals surface area contributed by atoms with Crippen LogP contribution >= 0.6 is 11.6 Å². The normalized spacial score (nSPS) is 10.3. The summed E-state index contributed by atoms with van der Waals surface area (Å²) in [5, 5.41) is 3.39. The minimum absolute atomic E-state index is 0.160. The van der Waals surface area contributed by atoms with Gasteiger partial charge in [0, 0.05) is 28.4 Å². The second-order valence-electron chi connectivity index (χ2n) is 5.36. The van der Waals surface area contributed by atoms with Gasteiger partial charge in [0.25, 0.3) is 5.91 Å². The summed E-state index contributed by atoms with van der Waals surface area (Å²) in [6.07, 6.45) is 1.77. The number of nitrogens with zero attached hydrogens (tertiary/aromatic N) is 1. The monoisotopic (exact) mass is 352 g/mol. The van der Waals surface area contributed by atoms with E-state index >= 15 is 0 Å². The first kappa shape index (κ1) is 17.0. The lowest BCUT2D eigenvalue weighted by atomic mass is 10.1. The molecule has 0 atom stereocenters. The number of amides is 1. The molecule has 0 spiro atoms. The first-order valence-corrected chi connectivity index (χ1v) is 8.28. The number of carbonyl (C=O) groups excluding carboxylic acids is 1. The van der Waals surface area contributed by atoms with Gasteiger partial charge in [-0.25, -0.2) is 4.98 Å². The largest absolute Gasteiger partial charge is 0.476 e. The van der Waals surface area contributed by atoms with E-state index in [2.05, 4.69) is 10.3 Å². The molecule has 25 heavy (non-hydrogen) atoms. The summed E-state index contributed by atoms with van der Waals surface area (Å²) in [5.74, 6) is 0.369. The summed E-state index contributed by atoms with van der Waals surface area (Å²) in [7, 11) is 0. The highest BCUT2D eigenvalue weighted by atomic mass is 35.5. The Hall–Kier alpha value is -2.85. The maximum absolute atomic E-state index is 11.9. The van der Waals surface area contributed by atoms with Gasteiger partial charge in [-0.05, 0) is 35.9 Å². The van der Waals surface area contributed by atoms with E-state index in [0.29, 0.717) is 29.6 Å². The molecule has 1 N–H and O–H groups in total. The van der Waals surface area contributed by atoms with Gasteiger partial charge < -0.3 is 10.1 Å². The Morgan fingerprint density at radius 2 is 1.72 bits per heavy atom. The molecule has 0 aliphatic heterocycles. The predicted molar refractivity (Wildman–Crippen MR) is 99.0 cm³/mol. The molecule has 1 heterocycles. The molecule has 126 valence electrons. The van der Waals surface area contributed by atoms with Crippen LogP contribution in [0.5, 0.6) is 5.88 Å². The highest BCUT2D eigenvalue weighted by molar-refractivity contribution is 6.30. The van der Waals surface area contributed by atoms with E-state index in [1.807, 2.05) is 42.5 Å². The lowest BCUT2D eigenvalue weighted by Crippen LogP contribution is -2.28. The smallest absolute Gasteiger partial charge is 0.251 e. The van der Waals surface area contributed by atoms with Gasteiger partial charge in [0.2, 0.25) is 5.88 Å². The zero-order chi connectivity index (χ0) is 17.5. The van der Waals surface area contributed by atoms with E-state index in [-0.39, 0.29) is 5.91 Å². The number of ether oxygens (including phenoxy) is 1. The van der Waals surface area contributed by atoms with Crippen LogP contribution in [0.2, 0.25) is 5.02 Å². The first-order chi connectivity index (χ1) is 12.2. The number of carbonyl (C=O) groups is 1. The Bertz CT molecular complexity index is 819. The summed E-state index contributed by atoms with van der Waals surface area (Å²) in [4.78, 5) is 16.2. The van der Waals surface area contributed by atoms with Crippen molar-refractivity contribution in [3.05, 3.63) is 83.5 Å².